The molecule has 12 heteroatoms. The van der Waals surface area contributed by atoms with Crippen molar-refractivity contribution in [2.75, 3.05) is 44.0 Å². The van der Waals surface area contributed by atoms with E-state index in [4.69, 9.17) is 14.7 Å². The summed E-state index contributed by atoms with van der Waals surface area (Å²) in [6, 6.07) is 9.81. The number of amides is 1. The summed E-state index contributed by atoms with van der Waals surface area (Å²) in [5.41, 5.74) is 2.41. The minimum absolute atomic E-state index is 0.0220. The number of hydrogen-bond donors (Lipinski definition) is 1. The van der Waals surface area contributed by atoms with Crippen molar-refractivity contribution in [1.29, 1.82) is 0 Å². The van der Waals surface area contributed by atoms with Crippen molar-refractivity contribution in [3.63, 3.8) is 0 Å². The molecule has 1 N–H and O–H groups in total. The fourth-order valence-corrected chi connectivity index (χ4v) is 6.26. The number of pyridine rings is 1. The minimum Gasteiger partial charge on any atom is -0.480 e. The van der Waals surface area contributed by atoms with Gasteiger partial charge in [-0.05, 0) is 67.5 Å². The molecule has 0 atom stereocenters. The number of carbonyl (C=O) groups excluding carboxylic acids is 1. The van der Waals surface area contributed by atoms with E-state index in [-0.39, 0.29) is 18.1 Å². The zero-order valence-electron chi connectivity index (χ0n) is 22.7. The van der Waals surface area contributed by atoms with Crippen LogP contribution in [0.15, 0.2) is 58.9 Å². The molecule has 208 valence electrons. The topological polar surface area (TPSA) is 110 Å². The second kappa shape index (κ2) is 10.1. The summed E-state index contributed by atoms with van der Waals surface area (Å²) in [7, 11) is 4.17. The molecule has 2 bridgehead atoms. The van der Waals surface area contributed by atoms with E-state index in [2.05, 4.69) is 46.8 Å². The molecule has 41 heavy (non-hydrogen) atoms. The summed E-state index contributed by atoms with van der Waals surface area (Å²) in [6.07, 6.45) is 7.07. The van der Waals surface area contributed by atoms with Gasteiger partial charge in [0.25, 0.3) is 11.5 Å². The molecule has 0 unspecified atom stereocenters. The molecule has 2 aliphatic rings. The molecule has 5 aromatic rings. The number of carbonyl (C=O) groups is 1. The first kappa shape index (κ1) is 25.4. The molecule has 0 aliphatic carbocycles. The van der Waals surface area contributed by atoms with Crippen LogP contribution in [-0.4, -0.2) is 68.9 Å². The number of benzene rings is 1. The lowest BCUT2D eigenvalue weighted by atomic mass is 10.1. The highest BCUT2D eigenvalue weighted by Gasteiger charge is 2.28. The maximum Gasteiger partial charge on any atom is 0.278 e. The second-order valence-corrected chi connectivity index (χ2v) is 11.3. The third-order valence-corrected chi connectivity index (χ3v) is 8.32. The van der Waals surface area contributed by atoms with Gasteiger partial charge in [0.15, 0.2) is 29.6 Å². The van der Waals surface area contributed by atoms with E-state index in [1.165, 1.54) is 15.6 Å². The Morgan fingerprint density at radius 3 is 2.88 bits per heavy atom. The fourth-order valence-electron chi connectivity index (χ4n) is 5.23. The van der Waals surface area contributed by atoms with E-state index in [0.717, 1.165) is 18.7 Å². The third kappa shape index (κ3) is 4.54. The summed E-state index contributed by atoms with van der Waals surface area (Å²) in [5, 5.41) is 7.17. The second-order valence-electron chi connectivity index (χ2n) is 10.4. The Kier molecular flexibility index (Phi) is 6.28. The number of hydrogen-bond acceptors (Lipinski definition) is 9. The average molecular weight is 569 g/mol. The van der Waals surface area contributed by atoms with Crippen LogP contribution in [-0.2, 0) is 17.8 Å². The summed E-state index contributed by atoms with van der Waals surface area (Å²) < 4.78 is 10.1. The highest BCUT2D eigenvalue weighted by Crippen LogP contribution is 2.33. The summed E-state index contributed by atoms with van der Waals surface area (Å²) in [6.45, 7) is 1.78. The molecule has 0 saturated heterocycles. The van der Waals surface area contributed by atoms with E-state index < -0.39 is 0 Å². The number of nitrogens with one attached hydrogen (secondary N) is 1. The predicted octanol–water partition coefficient (Wildman–Crippen LogP) is 3.72. The van der Waals surface area contributed by atoms with E-state index in [0.29, 0.717) is 53.9 Å². The summed E-state index contributed by atoms with van der Waals surface area (Å²) >= 11 is 1.72. The number of nitrogens with zero attached hydrogens (tertiary/aromatic N) is 7. The van der Waals surface area contributed by atoms with Crippen LogP contribution in [0.4, 0.5) is 17.5 Å². The molecule has 1 amide bonds. The minimum atomic E-state index is -0.218. The van der Waals surface area contributed by atoms with Crippen molar-refractivity contribution < 1.29 is 9.53 Å². The van der Waals surface area contributed by atoms with Crippen LogP contribution in [0.5, 0.6) is 5.75 Å². The zero-order chi connectivity index (χ0) is 28.1. The van der Waals surface area contributed by atoms with Crippen LogP contribution in [0.1, 0.15) is 12.0 Å². The van der Waals surface area contributed by atoms with Gasteiger partial charge in [0.1, 0.15) is 5.39 Å². The van der Waals surface area contributed by atoms with Crippen LogP contribution in [0, 0.1) is 0 Å². The van der Waals surface area contributed by atoms with Crippen LogP contribution < -0.4 is 20.5 Å². The maximum atomic E-state index is 13.5. The number of aromatic nitrogens is 5. The molecule has 0 spiro atoms. The van der Waals surface area contributed by atoms with Gasteiger partial charge < -0.3 is 15.0 Å². The quantitative estimate of drug-likeness (QED) is 0.320. The lowest BCUT2D eigenvalue weighted by Crippen LogP contribution is -2.40. The SMILES string of the molecule is CN(C)CCc1csc2cc(Nc3ncc4c(=O)n5n(c4n3)-c3ccc4c(n3)N(CC/C=C/C5)C(=O)CO4)ccc12. The molecule has 7 rings (SSSR count). The first-order chi connectivity index (χ1) is 20.0. The van der Waals surface area contributed by atoms with E-state index in [1.807, 2.05) is 18.2 Å². The van der Waals surface area contributed by atoms with Crippen molar-refractivity contribution >= 4 is 55.8 Å². The Hall–Kier alpha value is -4.55. The van der Waals surface area contributed by atoms with Gasteiger partial charge in [0.2, 0.25) is 5.95 Å². The van der Waals surface area contributed by atoms with Crippen molar-refractivity contribution in [3.8, 4) is 11.6 Å². The lowest BCUT2D eigenvalue weighted by molar-refractivity contribution is -0.121. The molecule has 1 aromatic carbocycles. The van der Waals surface area contributed by atoms with Gasteiger partial charge in [-0.1, -0.05) is 18.2 Å². The fraction of sp³-hybridized carbons (Fsp3) is 0.276. The summed E-state index contributed by atoms with van der Waals surface area (Å²) in [4.78, 5) is 44.0. The maximum absolute atomic E-state index is 13.5. The van der Waals surface area contributed by atoms with Crippen molar-refractivity contribution in [3.05, 3.63) is 70.0 Å². The smallest absolute Gasteiger partial charge is 0.278 e. The highest BCUT2D eigenvalue weighted by atomic mass is 32.1. The molecular weight excluding hydrogens is 540 g/mol. The number of allylic oxidation sites excluding steroid dienone is 1. The normalized spacial score (nSPS) is 15.6. The molecule has 0 radical (unpaired) electrons. The molecule has 0 fully saturated rings. The van der Waals surface area contributed by atoms with Crippen LogP contribution >= 0.6 is 11.3 Å². The van der Waals surface area contributed by atoms with Crippen LogP contribution in [0.2, 0.25) is 0 Å². The Morgan fingerprint density at radius 2 is 2.00 bits per heavy atom. The molecule has 11 nitrogen and oxygen atoms in total. The zero-order valence-corrected chi connectivity index (χ0v) is 23.5. The Labute approximate surface area is 239 Å². The summed E-state index contributed by atoms with van der Waals surface area (Å²) in [5.74, 6) is 1.66. The monoisotopic (exact) mass is 568 g/mol. The molecule has 4 aromatic heterocycles. The van der Waals surface area contributed by atoms with Crippen LogP contribution in [0.3, 0.4) is 0 Å². The number of fused-ring (bicyclic) bond motifs is 6. The molecule has 2 aliphatic heterocycles. The number of thiophene rings is 1. The van der Waals surface area contributed by atoms with E-state index >= 15 is 0 Å². The van der Waals surface area contributed by atoms with Gasteiger partial charge in [-0.15, -0.1) is 11.3 Å². The molecule has 0 saturated carbocycles. The van der Waals surface area contributed by atoms with Gasteiger partial charge in [-0.25, -0.2) is 19.3 Å². The van der Waals surface area contributed by atoms with Crippen molar-refractivity contribution in [2.45, 2.75) is 19.4 Å². The highest BCUT2D eigenvalue weighted by molar-refractivity contribution is 7.17. The number of rotatable bonds is 5. The first-order valence-corrected chi connectivity index (χ1v) is 14.3. The van der Waals surface area contributed by atoms with Crippen LogP contribution in [0.25, 0.3) is 26.9 Å². The van der Waals surface area contributed by atoms with E-state index in [9.17, 15) is 9.59 Å². The predicted molar refractivity (Wildman–Crippen MR) is 160 cm³/mol. The van der Waals surface area contributed by atoms with Crippen molar-refractivity contribution in [2.24, 2.45) is 0 Å². The lowest BCUT2D eigenvalue weighted by Gasteiger charge is -2.28. The Bertz CT molecular complexity index is 1900. The van der Waals surface area contributed by atoms with E-state index in [1.54, 1.807) is 43.9 Å². The van der Waals surface area contributed by atoms with Gasteiger partial charge in [0.05, 0.1) is 6.54 Å². The number of likely N-dealkylation sites (N-methyl/N-ethyl adjacent to an activating group) is 1. The molecular formula is C29H28N8O3S. The van der Waals surface area contributed by atoms with Gasteiger partial charge >= 0.3 is 0 Å². The number of ether oxygens (including phenoxy) is 1. The first-order valence-electron chi connectivity index (χ1n) is 13.5. The molecule has 6 heterocycles. The van der Waals surface area contributed by atoms with Crippen molar-refractivity contribution in [1.82, 2.24) is 29.2 Å². The average Bonchev–Trinajstić information content (AvgIpc) is 3.48. The Morgan fingerprint density at radius 1 is 1.10 bits per heavy atom. The third-order valence-electron chi connectivity index (χ3n) is 7.33. The standard InChI is InChI=1S/C29H28N8O3S/c1-34(2)13-10-18-17-41-23-14-19(6-7-20(18)23)31-29-30-15-21-26(33-29)37-24-9-8-22-27(32-24)35(25(38)16-40-22)11-4-3-5-12-36(37)28(21)39/h3,5-9,14-15,17H,4,10-13,16H2,1-2H3,(H,30,31,33)/b5-3+. The van der Waals surface area contributed by atoms with Gasteiger partial charge in [0, 0.05) is 29.7 Å². The largest absolute Gasteiger partial charge is 0.480 e. The van der Waals surface area contributed by atoms with Gasteiger partial charge in [-0.2, -0.15) is 4.98 Å². The Balaban J connectivity index is 1.29. The number of anilines is 3. The van der Waals surface area contributed by atoms with Gasteiger partial charge in [-0.3, -0.25) is 14.5 Å².